The van der Waals surface area contributed by atoms with E-state index in [4.69, 9.17) is 4.74 Å². The first-order chi connectivity index (χ1) is 15.2. The van der Waals surface area contributed by atoms with Gasteiger partial charge in [-0.1, -0.05) is 12.1 Å². The Hall–Kier alpha value is -3.81. The second kappa shape index (κ2) is 9.34. The van der Waals surface area contributed by atoms with E-state index in [1.165, 1.54) is 7.11 Å². The van der Waals surface area contributed by atoms with Gasteiger partial charge in [0.25, 0.3) is 0 Å². The molecule has 158 valence electrons. The van der Waals surface area contributed by atoms with E-state index in [0.29, 0.717) is 17.8 Å². The second-order valence-electron chi connectivity index (χ2n) is 7.33. The van der Waals surface area contributed by atoms with E-state index in [9.17, 15) is 9.59 Å². The van der Waals surface area contributed by atoms with Crippen molar-refractivity contribution in [3.63, 3.8) is 0 Å². The van der Waals surface area contributed by atoms with Crippen molar-refractivity contribution in [2.45, 2.75) is 12.8 Å². The summed E-state index contributed by atoms with van der Waals surface area (Å²) in [5.41, 5.74) is 2.45. The number of aromatic nitrogens is 3. The minimum atomic E-state index is -0.481. The van der Waals surface area contributed by atoms with Crippen molar-refractivity contribution in [3.05, 3.63) is 66.5 Å². The molecule has 0 aliphatic carbocycles. The molecule has 0 saturated carbocycles. The fraction of sp³-hybridized carbons (Fsp3) is 0.261. The van der Waals surface area contributed by atoms with E-state index in [-0.39, 0.29) is 11.8 Å². The van der Waals surface area contributed by atoms with Crippen molar-refractivity contribution in [2.75, 3.05) is 30.4 Å². The molecule has 3 heterocycles. The number of carbonyl (C=O) groups excluding carboxylic acids is 2. The number of carbonyl (C=O) groups is 2. The third kappa shape index (κ3) is 4.69. The highest BCUT2D eigenvalue weighted by atomic mass is 16.5. The molecule has 1 aliphatic rings. The van der Waals surface area contributed by atoms with Crippen LogP contribution < -0.4 is 10.2 Å². The highest BCUT2D eigenvalue weighted by Gasteiger charge is 2.27. The molecule has 0 bridgehead atoms. The summed E-state index contributed by atoms with van der Waals surface area (Å²) in [5, 5.41) is 11.6. The second-order valence-corrected chi connectivity index (χ2v) is 7.33. The maximum absolute atomic E-state index is 12.9. The molecule has 3 aromatic rings. The van der Waals surface area contributed by atoms with E-state index in [2.05, 4.69) is 25.4 Å². The summed E-state index contributed by atoms with van der Waals surface area (Å²) in [7, 11) is 1.32. The fourth-order valence-electron chi connectivity index (χ4n) is 3.68. The van der Waals surface area contributed by atoms with Crippen molar-refractivity contribution < 1.29 is 14.3 Å². The molecule has 1 amide bonds. The Kier molecular flexibility index (Phi) is 6.16. The molecule has 1 N–H and O–H groups in total. The van der Waals surface area contributed by atoms with Crippen LogP contribution in [0.25, 0.3) is 11.3 Å². The first-order valence-electron chi connectivity index (χ1n) is 10.1. The topological polar surface area (TPSA) is 97.3 Å². The maximum atomic E-state index is 12.9. The summed E-state index contributed by atoms with van der Waals surface area (Å²) < 4.78 is 4.80. The summed E-state index contributed by atoms with van der Waals surface area (Å²) >= 11 is 0. The van der Waals surface area contributed by atoms with Crippen LogP contribution in [0.15, 0.2) is 60.9 Å². The number of rotatable bonds is 5. The number of para-hydroxylation sites is 1. The van der Waals surface area contributed by atoms with Gasteiger partial charge in [0.15, 0.2) is 5.82 Å². The SMILES string of the molecule is COC(=O)c1ccccc1NC(=O)C1CCCN(c2ccc(-c3cccnc3)nn2)C1. The summed E-state index contributed by atoms with van der Waals surface area (Å²) in [6.45, 7) is 1.34. The first-order valence-corrected chi connectivity index (χ1v) is 10.1. The molecule has 1 aliphatic heterocycles. The minimum Gasteiger partial charge on any atom is -0.465 e. The van der Waals surface area contributed by atoms with Crippen molar-refractivity contribution >= 4 is 23.4 Å². The summed E-state index contributed by atoms with van der Waals surface area (Å²) in [6.07, 6.45) is 5.09. The van der Waals surface area contributed by atoms with Crippen LogP contribution in [0, 0.1) is 5.92 Å². The summed E-state index contributed by atoms with van der Waals surface area (Å²) in [5.74, 6) is -0.0921. The van der Waals surface area contributed by atoms with Crippen molar-refractivity contribution in [1.29, 1.82) is 0 Å². The van der Waals surface area contributed by atoms with E-state index in [1.807, 2.05) is 24.3 Å². The summed E-state index contributed by atoms with van der Waals surface area (Å²) in [6, 6.07) is 14.5. The minimum absolute atomic E-state index is 0.124. The van der Waals surface area contributed by atoms with E-state index in [0.717, 1.165) is 36.5 Å². The van der Waals surface area contributed by atoms with Crippen LogP contribution in [-0.2, 0) is 9.53 Å². The number of hydrogen-bond acceptors (Lipinski definition) is 7. The Balaban J connectivity index is 1.44. The van der Waals surface area contributed by atoms with Gasteiger partial charge >= 0.3 is 5.97 Å². The highest BCUT2D eigenvalue weighted by molar-refractivity contribution is 6.02. The Morgan fingerprint density at radius 2 is 1.97 bits per heavy atom. The molecule has 8 heteroatoms. The normalized spacial score (nSPS) is 15.9. The van der Waals surface area contributed by atoms with E-state index in [1.54, 1.807) is 36.7 Å². The van der Waals surface area contributed by atoms with Gasteiger partial charge in [0, 0.05) is 31.0 Å². The highest BCUT2D eigenvalue weighted by Crippen LogP contribution is 2.25. The molecule has 8 nitrogen and oxygen atoms in total. The predicted molar refractivity (Wildman–Crippen MR) is 117 cm³/mol. The number of nitrogens with one attached hydrogen (secondary N) is 1. The molecule has 4 rings (SSSR count). The van der Waals surface area contributed by atoms with Crippen LogP contribution in [0.4, 0.5) is 11.5 Å². The van der Waals surface area contributed by atoms with Crippen LogP contribution in [0.2, 0.25) is 0 Å². The third-order valence-electron chi connectivity index (χ3n) is 5.31. The largest absolute Gasteiger partial charge is 0.465 e. The average Bonchev–Trinajstić information content (AvgIpc) is 2.84. The van der Waals surface area contributed by atoms with Gasteiger partial charge in [-0.15, -0.1) is 10.2 Å². The number of nitrogens with zero attached hydrogens (tertiary/aromatic N) is 4. The van der Waals surface area contributed by atoms with Crippen LogP contribution in [0.3, 0.4) is 0 Å². The Morgan fingerprint density at radius 1 is 1.10 bits per heavy atom. The number of pyridine rings is 1. The average molecular weight is 417 g/mol. The molecular formula is C23H23N5O3. The van der Waals surface area contributed by atoms with Crippen LogP contribution in [-0.4, -0.2) is 47.3 Å². The molecule has 0 radical (unpaired) electrons. The molecule has 1 aromatic carbocycles. The molecule has 1 saturated heterocycles. The number of esters is 1. The van der Waals surface area contributed by atoms with Gasteiger partial charge in [-0.05, 0) is 49.2 Å². The number of methoxy groups -OCH3 is 1. The van der Waals surface area contributed by atoms with Gasteiger partial charge in [0.2, 0.25) is 5.91 Å². The van der Waals surface area contributed by atoms with Gasteiger partial charge in [-0.2, -0.15) is 0 Å². The first kappa shape index (κ1) is 20.5. The summed E-state index contributed by atoms with van der Waals surface area (Å²) in [4.78, 5) is 31.0. The number of piperidine rings is 1. The molecule has 31 heavy (non-hydrogen) atoms. The van der Waals surface area contributed by atoms with E-state index < -0.39 is 5.97 Å². The number of hydrogen-bond donors (Lipinski definition) is 1. The lowest BCUT2D eigenvalue weighted by atomic mass is 9.96. The number of benzene rings is 1. The van der Waals surface area contributed by atoms with Crippen LogP contribution in [0.1, 0.15) is 23.2 Å². The Bertz CT molecular complexity index is 1060. The predicted octanol–water partition coefficient (Wildman–Crippen LogP) is 3.18. The zero-order valence-corrected chi connectivity index (χ0v) is 17.2. The van der Waals surface area contributed by atoms with Gasteiger partial charge in [0.05, 0.1) is 30.0 Å². The number of amides is 1. The zero-order valence-electron chi connectivity index (χ0n) is 17.2. The molecule has 1 unspecified atom stereocenters. The van der Waals surface area contributed by atoms with Crippen LogP contribution >= 0.6 is 0 Å². The molecule has 2 aromatic heterocycles. The standard InChI is InChI=1S/C23H23N5O3/c1-31-23(30)18-8-2-3-9-20(18)25-22(29)17-7-5-13-28(15-17)21-11-10-19(26-27-21)16-6-4-12-24-14-16/h2-4,6,8-12,14,17H,5,7,13,15H2,1H3,(H,25,29). The Labute approximate surface area is 180 Å². The lowest BCUT2D eigenvalue weighted by Gasteiger charge is -2.32. The monoisotopic (exact) mass is 417 g/mol. The lowest BCUT2D eigenvalue weighted by molar-refractivity contribution is -0.120. The third-order valence-corrected chi connectivity index (χ3v) is 5.31. The van der Waals surface area contributed by atoms with Crippen LogP contribution in [0.5, 0.6) is 0 Å². The maximum Gasteiger partial charge on any atom is 0.339 e. The van der Waals surface area contributed by atoms with Crippen molar-refractivity contribution in [2.24, 2.45) is 5.92 Å². The lowest BCUT2D eigenvalue weighted by Crippen LogP contribution is -2.41. The zero-order chi connectivity index (χ0) is 21.6. The van der Waals surface area contributed by atoms with Gasteiger partial charge < -0.3 is 15.0 Å². The molecule has 1 fully saturated rings. The van der Waals surface area contributed by atoms with Crippen molar-refractivity contribution in [1.82, 2.24) is 15.2 Å². The molecule has 1 atom stereocenters. The quantitative estimate of drug-likeness (QED) is 0.637. The number of ether oxygens (including phenoxy) is 1. The van der Waals surface area contributed by atoms with Gasteiger partial charge in [0.1, 0.15) is 0 Å². The van der Waals surface area contributed by atoms with E-state index >= 15 is 0 Å². The molecule has 0 spiro atoms. The van der Waals surface area contributed by atoms with Gasteiger partial charge in [-0.25, -0.2) is 4.79 Å². The smallest absolute Gasteiger partial charge is 0.339 e. The molecular weight excluding hydrogens is 394 g/mol. The van der Waals surface area contributed by atoms with Gasteiger partial charge in [-0.3, -0.25) is 9.78 Å². The number of anilines is 2. The Morgan fingerprint density at radius 3 is 2.71 bits per heavy atom. The fourth-order valence-corrected chi connectivity index (χ4v) is 3.68. The van der Waals surface area contributed by atoms with Crippen molar-refractivity contribution in [3.8, 4) is 11.3 Å².